The number of carbonyl (C=O) groups is 1. The average molecular weight is 237 g/mol. The van der Waals surface area contributed by atoms with E-state index in [1.165, 1.54) is 0 Å². The number of hydrogen-bond acceptors (Lipinski definition) is 4. The maximum absolute atomic E-state index is 9.00. The first-order valence-corrected chi connectivity index (χ1v) is 5.37. The van der Waals surface area contributed by atoms with E-state index in [1.54, 1.807) is 6.92 Å². The lowest BCUT2D eigenvalue weighted by molar-refractivity contribution is -0.134. The van der Waals surface area contributed by atoms with E-state index >= 15 is 0 Å². The molecule has 0 aliphatic rings. The number of aliphatic carboxylic acids is 1. The number of ether oxygens (including phenoxy) is 1. The molecule has 5 heteroatoms. The lowest BCUT2D eigenvalue weighted by atomic mass is 10.3. The summed E-state index contributed by atoms with van der Waals surface area (Å²) in [5.74, 6) is -0.833. The fraction of sp³-hybridized carbons (Fsp3) is 0.909. The number of carboxylic acids is 1. The van der Waals surface area contributed by atoms with Gasteiger partial charge in [0.15, 0.2) is 0 Å². The van der Waals surface area contributed by atoms with Crippen molar-refractivity contribution in [3.63, 3.8) is 0 Å². The average Bonchev–Trinajstić information content (AvgIpc) is 2.14. The molecule has 0 aliphatic carbocycles. The molecule has 0 saturated carbocycles. The van der Waals surface area contributed by atoms with Gasteiger partial charge in [0.1, 0.15) is 0 Å². The van der Waals surface area contributed by atoms with Crippen molar-refractivity contribution in [2.75, 3.05) is 33.9 Å². The largest absolute Gasteiger partial charge is 0.481 e. The van der Waals surface area contributed by atoms with Gasteiger partial charge in [-0.15, -0.1) is 0 Å². The van der Waals surface area contributed by atoms with Crippen LogP contribution in [0.3, 0.4) is 0 Å². The summed E-state index contributed by atoms with van der Waals surface area (Å²) in [6.45, 7) is 8.83. The van der Waals surface area contributed by atoms with Gasteiger partial charge in [0, 0.05) is 26.2 Å². The van der Waals surface area contributed by atoms with Crippen LogP contribution in [-0.4, -0.2) is 61.0 Å². The van der Waals surface area contributed by atoms with Crippen molar-refractivity contribution >= 4 is 5.97 Å². The molecule has 0 heterocycles. The number of aliphatic hydroxyl groups excluding tert-OH is 1. The van der Waals surface area contributed by atoms with Gasteiger partial charge >= 0.3 is 0 Å². The Bertz CT molecular complexity index is 136. The van der Waals surface area contributed by atoms with Crippen LogP contribution in [0.15, 0.2) is 0 Å². The van der Waals surface area contributed by atoms with E-state index in [0.717, 1.165) is 20.1 Å². The summed E-state index contributed by atoms with van der Waals surface area (Å²) in [5, 5.41) is 15.0. The summed E-state index contributed by atoms with van der Waals surface area (Å²) in [4.78, 5) is 11.1. The Morgan fingerprint density at radius 3 is 1.88 bits per heavy atom. The summed E-state index contributed by atoms with van der Waals surface area (Å²) in [5.41, 5.74) is 0. The second-order valence-electron chi connectivity index (χ2n) is 3.31. The molecule has 0 bridgehead atoms. The normalized spacial score (nSPS) is 10.8. The molecule has 0 spiro atoms. The quantitative estimate of drug-likeness (QED) is 0.765. The first-order chi connectivity index (χ1) is 7.33. The van der Waals surface area contributed by atoms with Crippen LogP contribution in [0.2, 0.25) is 0 Å². The van der Waals surface area contributed by atoms with Crippen LogP contribution < -0.4 is 0 Å². The summed E-state index contributed by atoms with van der Waals surface area (Å²) in [7, 11) is 4.12. The molecule has 0 aliphatic heterocycles. The number of aliphatic hydroxyl groups is 1. The first-order valence-electron chi connectivity index (χ1n) is 5.37. The van der Waals surface area contributed by atoms with E-state index in [2.05, 4.69) is 25.9 Å². The van der Waals surface area contributed by atoms with E-state index in [0.29, 0.717) is 6.04 Å². The van der Waals surface area contributed by atoms with Crippen LogP contribution >= 0.6 is 0 Å². The Hall–Kier alpha value is -0.650. The Balaban J connectivity index is -0.000000201. The van der Waals surface area contributed by atoms with Crippen molar-refractivity contribution in [1.29, 1.82) is 0 Å². The molecule has 1 unspecified atom stereocenters. The summed E-state index contributed by atoms with van der Waals surface area (Å²) in [6.07, 6.45) is 0. The zero-order valence-corrected chi connectivity index (χ0v) is 11.4. The minimum atomic E-state index is -0.833. The lowest BCUT2D eigenvalue weighted by Gasteiger charge is -2.18. The van der Waals surface area contributed by atoms with Gasteiger partial charge in [-0.3, -0.25) is 4.79 Å². The van der Waals surface area contributed by atoms with Crippen molar-refractivity contribution in [2.24, 2.45) is 0 Å². The van der Waals surface area contributed by atoms with Gasteiger partial charge in [0.05, 0.1) is 6.61 Å². The second kappa shape index (κ2) is 16.8. The maximum Gasteiger partial charge on any atom is 0.300 e. The minimum Gasteiger partial charge on any atom is -0.481 e. The highest BCUT2D eigenvalue weighted by molar-refractivity contribution is 5.62. The zero-order valence-electron chi connectivity index (χ0n) is 11.4. The highest BCUT2D eigenvalue weighted by atomic mass is 16.5. The summed E-state index contributed by atoms with van der Waals surface area (Å²) < 4.78 is 5.21. The van der Waals surface area contributed by atoms with Crippen LogP contribution in [0, 0.1) is 0 Å². The topological polar surface area (TPSA) is 70.0 Å². The molecule has 1 atom stereocenters. The molecular weight excluding hydrogens is 210 g/mol. The smallest absolute Gasteiger partial charge is 0.300 e. The third-order valence-electron chi connectivity index (χ3n) is 1.44. The predicted molar refractivity (Wildman–Crippen MR) is 65.7 cm³/mol. The van der Waals surface area contributed by atoms with Crippen LogP contribution in [-0.2, 0) is 9.53 Å². The maximum atomic E-state index is 9.00. The van der Waals surface area contributed by atoms with E-state index in [1.807, 2.05) is 6.92 Å². The second-order valence-corrected chi connectivity index (χ2v) is 3.31. The van der Waals surface area contributed by atoms with Crippen LogP contribution in [0.5, 0.6) is 0 Å². The molecule has 100 valence electrons. The third kappa shape index (κ3) is 37.7. The lowest BCUT2D eigenvalue weighted by Crippen LogP contribution is -2.29. The standard InChI is InChI=1S/C7H17NO.C2H4O2.C2H6O/c1-5-9-6-7(2)8(3)4;1-2(3)4;1-2-3/h7H,5-6H2,1-4H3;1H3,(H,3,4);3H,2H2,1H3. The Morgan fingerprint density at radius 2 is 1.69 bits per heavy atom. The molecule has 0 radical (unpaired) electrons. The number of rotatable bonds is 4. The van der Waals surface area contributed by atoms with E-state index < -0.39 is 5.97 Å². The molecule has 0 aromatic heterocycles. The molecule has 0 saturated heterocycles. The van der Waals surface area contributed by atoms with Gasteiger partial charge in [-0.05, 0) is 34.9 Å². The van der Waals surface area contributed by atoms with Crippen molar-refractivity contribution in [3.8, 4) is 0 Å². The van der Waals surface area contributed by atoms with Crippen molar-refractivity contribution < 1.29 is 19.7 Å². The van der Waals surface area contributed by atoms with Gasteiger partial charge in [0.2, 0.25) is 0 Å². The van der Waals surface area contributed by atoms with E-state index in [4.69, 9.17) is 19.7 Å². The zero-order chi connectivity index (χ0) is 13.6. The first kappa shape index (κ1) is 20.7. The molecule has 0 fully saturated rings. The van der Waals surface area contributed by atoms with Gasteiger partial charge in [0.25, 0.3) is 5.97 Å². The van der Waals surface area contributed by atoms with Crippen LogP contribution in [0.25, 0.3) is 0 Å². The Labute approximate surface area is 99.0 Å². The van der Waals surface area contributed by atoms with Gasteiger partial charge in [-0.2, -0.15) is 0 Å². The number of carboxylic acid groups (broad SMARTS) is 1. The van der Waals surface area contributed by atoms with Gasteiger partial charge in [-0.25, -0.2) is 0 Å². The number of likely N-dealkylation sites (N-methyl/N-ethyl adjacent to an activating group) is 1. The molecule has 0 rings (SSSR count). The van der Waals surface area contributed by atoms with Crippen LogP contribution in [0.4, 0.5) is 0 Å². The molecular formula is C11H27NO4. The Morgan fingerprint density at radius 1 is 1.38 bits per heavy atom. The summed E-state index contributed by atoms with van der Waals surface area (Å²) in [6, 6.07) is 0.532. The highest BCUT2D eigenvalue weighted by Gasteiger charge is 2.01. The molecule has 5 nitrogen and oxygen atoms in total. The van der Waals surface area contributed by atoms with Gasteiger partial charge in [-0.1, -0.05) is 0 Å². The monoisotopic (exact) mass is 237 g/mol. The van der Waals surface area contributed by atoms with E-state index in [-0.39, 0.29) is 6.61 Å². The van der Waals surface area contributed by atoms with Crippen molar-refractivity contribution in [2.45, 2.75) is 33.7 Å². The minimum absolute atomic E-state index is 0.250. The van der Waals surface area contributed by atoms with Gasteiger partial charge < -0.3 is 19.8 Å². The molecule has 0 amide bonds. The number of hydrogen-bond donors (Lipinski definition) is 2. The summed E-state index contributed by atoms with van der Waals surface area (Å²) >= 11 is 0. The Kier molecular flexibility index (Phi) is 21.7. The number of nitrogens with zero attached hydrogens (tertiary/aromatic N) is 1. The fourth-order valence-corrected chi connectivity index (χ4v) is 0.437. The predicted octanol–water partition coefficient (Wildman–Crippen LogP) is 1.06. The van der Waals surface area contributed by atoms with Crippen molar-refractivity contribution in [1.82, 2.24) is 4.90 Å². The molecule has 0 aromatic rings. The molecule has 2 N–H and O–H groups in total. The van der Waals surface area contributed by atoms with Crippen LogP contribution in [0.1, 0.15) is 27.7 Å². The third-order valence-corrected chi connectivity index (χ3v) is 1.44. The molecule has 16 heavy (non-hydrogen) atoms. The fourth-order valence-electron chi connectivity index (χ4n) is 0.437. The SMILES string of the molecule is CC(=O)O.CCO.CCOCC(C)N(C)C. The highest BCUT2D eigenvalue weighted by Crippen LogP contribution is 1.90. The molecule has 0 aromatic carbocycles. The van der Waals surface area contributed by atoms with E-state index in [9.17, 15) is 0 Å². The van der Waals surface area contributed by atoms with Crippen molar-refractivity contribution in [3.05, 3.63) is 0 Å².